The van der Waals surface area contributed by atoms with Crippen LogP contribution in [-0.2, 0) is 4.57 Å². The molecule has 1 aliphatic heterocycles. The summed E-state index contributed by atoms with van der Waals surface area (Å²) in [5, 5.41) is 7.62. The number of rotatable bonds is 5. The number of benzene rings is 9. The highest BCUT2D eigenvalue weighted by molar-refractivity contribution is 7.86. The summed E-state index contributed by atoms with van der Waals surface area (Å²) >= 11 is 0. The van der Waals surface area contributed by atoms with Gasteiger partial charge in [-0.15, -0.1) is 0 Å². The fourth-order valence-electron chi connectivity index (χ4n) is 9.51. The summed E-state index contributed by atoms with van der Waals surface area (Å²) < 4.78 is 20.4. The molecule has 0 aliphatic carbocycles. The zero-order valence-electron chi connectivity index (χ0n) is 31.5. The van der Waals surface area contributed by atoms with Gasteiger partial charge in [-0.25, -0.2) is 0 Å². The van der Waals surface area contributed by atoms with Gasteiger partial charge < -0.3 is 13.7 Å². The van der Waals surface area contributed by atoms with Crippen LogP contribution in [0.25, 0.3) is 88.4 Å². The minimum absolute atomic E-state index is 0.859. The fraction of sp³-hybridized carbons (Fsp3) is 0. The minimum Gasteiger partial charge on any atom is -0.309 e. The first-order valence-corrected chi connectivity index (χ1v) is 21.5. The van der Waals surface area contributed by atoms with E-state index < -0.39 is 7.14 Å². The van der Waals surface area contributed by atoms with E-state index in [4.69, 9.17) is 0 Å². The molecule has 1 aliphatic rings. The van der Waals surface area contributed by atoms with Gasteiger partial charge in [0.2, 0.25) is 0 Å². The highest BCUT2D eigenvalue weighted by Gasteiger charge is 2.40. The smallest absolute Gasteiger partial charge is 0.172 e. The number of fused-ring (bicyclic) bond motifs is 9. The molecule has 0 N–H and O–H groups in total. The molecule has 2 aromatic heterocycles. The van der Waals surface area contributed by atoms with Gasteiger partial charge >= 0.3 is 0 Å². The first kappa shape index (κ1) is 33.0. The average molecular weight is 759 g/mol. The van der Waals surface area contributed by atoms with Gasteiger partial charge in [0.15, 0.2) is 7.14 Å². The summed E-state index contributed by atoms with van der Waals surface area (Å²) in [6.07, 6.45) is 0. The molecule has 3 heterocycles. The Bertz CT molecular complexity index is 3180. The van der Waals surface area contributed by atoms with Crippen LogP contribution in [0.15, 0.2) is 212 Å². The molecule has 58 heavy (non-hydrogen) atoms. The van der Waals surface area contributed by atoms with Crippen molar-refractivity contribution < 1.29 is 4.57 Å². The van der Waals surface area contributed by atoms with E-state index in [1.807, 2.05) is 30.3 Å². The van der Waals surface area contributed by atoms with Crippen LogP contribution >= 0.6 is 7.14 Å². The number of nitrogens with zero attached hydrogens (tertiary/aromatic N) is 2. The van der Waals surface area contributed by atoms with Crippen LogP contribution in [0.4, 0.5) is 0 Å². The van der Waals surface area contributed by atoms with Crippen molar-refractivity contribution in [3.8, 4) is 44.8 Å². The average Bonchev–Trinajstić information content (AvgIpc) is 3.90. The highest BCUT2D eigenvalue weighted by atomic mass is 31.2. The van der Waals surface area contributed by atoms with Crippen LogP contribution in [-0.4, -0.2) is 9.13 Å². The van der Waals surface area contributed by atoms with Crippen LogP contribution in [0.3, 0.4) is 0 Å². The lowest BCUT2D eigenvalue weighted by Gasteiger charge is -2.16. The molecule has 0 spiro atoms. The Kier molecular flexibility index (Phi) is 7.20. The Morgan fingerprint density at radius 3 is 1.09 bits per heavy atom. The van der Waals surface area contributed by atoms with Crippen molar-refractivity contribution >= 4 is 66.7 Å². The third-order valence-corrected chi connectivity index (χ3v) is 15.3. The van der Waals surface area contributed by atoms with E-state index in [-0.39, 0.29) is 0 Å². The molecule has 0 fully saturated rings. The molecule has 3 nitrogen and oxygen atoms in total. The quantitative estimate of drug-likeness (QED) is 0.161. The molecule has 9 aromatic carbocycles. The van der Waals surface area contributed by atoms with Crippen LogP contribution in [0.5, 0.6) is 0 Å². The van der Waals surface area contributed by atoms with Crippen molar-refractivity contribution in [1.82, 2.24) is 9.13 Å². The molecule has 4 heteroatoms. The summed E-state index contributed by atoms with van der Waals surface area (Å²) in [4.78, 5) is 0. The fourth-order valence-corrected chi connectivity index (χ4v) is 12.5. The van der Waals surface area contributed by atoms with E-state index in [1.54, 1.807) is 0 Å². The molecule has 11 aromatic rings. The second-order valence-corrected chi connectivity index (χ2v) is 17.9. The van der Waals surface area contributed by atoms with Gasteiger partial charge in [0.1, 0.15) is 0 Å². The highest BCUT2D eigenvalue weighted by Crippen LogP contribution is 2.53. The van der Waals surface area contributed by atoms with Crippen LogP contribution in [0, 0.1) is 0 Å². The van der Waals surface area contributed by atoms with E-state index >= 15 is 4.57 Å². The summed E-state index contributed by atoms with van der Waals surface area (Å²) in [6.45, 7) is 0. The normalized spacial score (nSPS) is 13.0. The number of hydrogen-bond acceptors (Lipinski definition) is 1. The van der Waals surface area contributed by atoms with Crippen molar-refractivity contribution in [3.63, 3.8) is 0 Å². The van der Waals surface area contributed by atoms with Gasteiger partial charge in [-0.2, -0.15) is 0 Å². The van der Waals surface area contributed by atoms with Crippen molar-refractivity contribution in [2.45, 2.75) is 0 Å². The predicted molar refractivity (Wildman–Crippen MR) is 244 cm³/mol. The van der Waals surface area contributed by atoms with Gasteiger partial charge in [-0.3, -0.25) is 0 Å². The molecular formula is C54H35N2OP. The van der Waals surface area contributed by atoms with Crippen LogP contribution in [0.2, 0.25) is 0 Å². The lowest BCUT2D eigenvalue weighted by atomic mass is 9.96. The molecule has 0 radical (unpaired) electrons. The van der Waals surface area contributed by atoms with Crippen molar-refractivity contribution in [1.29, 1.82) is 0 Å². The standard InChI is InChI=1S/C54H35N2OP/c57-58(42-18-2-1-3-19-42)53-30-28-38(36-14-12-16-40(32-36)55-49-24-8-4-20-43(49)44-21-5-9-25-50(44)55)34-47(53)48-35-39(29-31-54(48)58)37-15-13-17-41(33-37)56-51-26-10-6-22-45(51)46-23-7-11-27-52(46)56/h1-35H. The predicted octanol–water partition coefficient (Wildman–Crippen LogP) is 12.8. The second kappa shape index (κ2) is 12.7. The molecule has 0 saturated heterocycles. The summed E-state index contributed by atoms with van der Waals surface area (Å²) in [5.41, 5.74) is 13.4. The molecule has 0 bridgehead atoms. The molecule has 272 valence electrons. The van der Waals surface area contributed by atoms with Gasteiger partial charge in [0, 0.05) is 48.8 Å². The molecule has 0 amide bonds. The van der Waals surface area contributed by atoms with Gasteiger partial charge in [-0.05, 0) is 106 Å². The van der Waals surface area contributed by atoms with Gasteiger partial charge in [-0.1, -0.05) is 140 Å². The zero-order chi connectivity index (χ0) is 38.4. The SMILES string of the molecule is O=P1(c2ccccc2)c2ccc(-c3cccc(-n4c5ccccc5c5ccccc54)c3)cc2-c2cc(-c3cccc(-n4c5ccccc5c5ccccc54)c3)ccc21. The van der Waals surface area contributed by atoms with E-state index in [9.17, 15) is 0 Å². The summed E-state index contributed by atoms with van der Waals surface area (Å²) in [7, 11) is -3.14. The molecule has 0 saturated carbocycles. The Morgan fingerprint density at radius 2 is 0.672 bits per heavy atom. The lowest BCUT2D eigenvalue weighted by molar-refractivity contribution is 0.593. The van der Waals surface area contributed by atoms with Gasteiger partial charge in [0.05, 0.1) is 22.1 Å². The number of aromatic nitrogens is 2. The Labute approximate surface area is 336 Å². The largest absolute Gasteiger partial charge is 0.309 e. The Hall–Kier alpha value is -7.19. The third-order valence-electron chi connectivity index (χ3n) is 12.1. The topological polar surface area (TPSA) is 26.9 Å². The van der Waals surface area contributed by atoms with E-state index in [1.165, 1.54) is 43.6 Å². The maximum atomic E-state index is 15.7. The number of hydrogen-bond donors (Lipinski definition) is 0. The van der Waals surface area contributed by atoms with Gasteiger partial charge in [0.25, 0.3) is 0 Å². The third kappa shape index (κ3) is 4.78. The van der Waals surface area contributed by atoms with Crippen molar-refractivity contribution in [3.05, 3.63) is 212 Å². The maximum Gasteiger partial charge on any atom is 0.172 e. The summed E-state index contributed by atoms with van der Waals surface area (Å²) in [5.74, 6) is 0. The minimum atomic E-state index is -3.14. The van der Waals surface area contributed by atoms with E-state index in [2.05, 4.69) is 191 Å². The molecule has 0 unspecified atom stereocenters. The maximum absolute atomic E-state index is 15.7. The summed E-state index contributed by atoms with van der Waals surface area (Å²) in [6, 6.07) is 75.2. The first-order chi connectivity index (χ1) is 28.6. The van der Waals surface area contributed by atoms with Crippen molar-refractivity contribution in [2.75, 3.05) is 0 Å². The number of para-hydroxylation sites is 4. The monoisotopic (exact) mass is 758 g/mol. The van der Waals surface area contributed by atoms with E-state index in [0.717, 1.165) is 60.7 Å². The molecule has 12 rings (SSSR count). The van der Waals surface area contributed by atoms with Crippen molar-refractivity contribution in [2.24, 2.45) is 0 Å². The second-order valence-electron chi connectivity index (χ2n) is 15.2. The van der Waals surface area contributed by atoms with E-state index in [0.29, 0.717) is 0 Å². The molecule has 0 atom stereocenters. The first-order valence-electron chi connectivity index (χ1n) is 19.8. The van der Waals surface area contributed by atoms with Crippen LogP contribution in [0.1, 0.15) is 0 Å². The lowest BCUT2D eigenvalue weighted by Crippen LogP contribution is -2.20. The molecular weight excluding hydrogens is 724 g/mol. The Morgan fingerprint density at radius 1 is 0.310 bits per heavy atom. The zero-order valence-corrected chi connectivity index (χ0v) is 32.4. The van der Waals surface area contributed by atoms with Crippen LogP contribution < -0.4 is 15.9 Å². The Balaban J connectivity index is 1.02.